The standard InChI is InChI=1S/C18H16ClN3O2/c1-11(19)17(23)20-13-6-4-5-12(9-13)10-16-14-7-2-3-8-15(14)18(24)22-21-16/h2-9,11H,10H2,1H3,(H,20,23)(H,22,24). The summed E-state index contributed by atoms with van der Waals surface area (Å²) in [6.45, 7) is 1.62. The molecule has 2 N–H and O–H groups in total. The first-order valence-corrected chi connectivity index (χ1v) is 7.98. The lowest BCUT2D eigenvalue weighted by atomic mass is 10.0. The summed E-state index contributed by atoms with van der Waals surface area (Å²) >= 11 is 5.77. The summed E-state index contributed by atoms with van der Waals surface area (Å²) in [5.74, 6) is -0.249. The summed E-state index contributed by atoms with van der Waals surface area (Å²) in [5.41, 5.74) is 2.23. The molecule has 6 heteroatoms. The number of benzene rings is 2. The van der Waals surface area contributed by atoms with Gasteiger partial charge in [-0.3, -0.25) is 9.59 Å². The molecule has 1 amide bonds. The Morgan fingerprint density at radius 3 is 2.71 bits per heavy atom. The van der Waals surface area contributed by atoms with Crippen LogP contribution in [0.15, 0.2) is 53.3 Å². The number of hydrogen-bond donors (Lipinski definition) is 2. The highest BCUT2D eigenvalue weighted by molar-refractivity contribution is 6.32. The smallest absolute Gasteiger partial charge is 0.272 e. The first kappa shape index (κ1) is 16.2. The lowest BCUT2D eigenvalue weighted by Crippen LogP contribution is -2.20. The van der Waals surface area contributed by atoms with Crippen molar-refractivity contribution in [3.05, 3.63) is 70.1 Å². The van der Waals surface area contributed by atoms with E-state index in [1.807, 2.05) is 36.4 Å². The number of carbonyl (C=O) groups is 1. The number of carbonyl (C=O) groups excluding carboxylic acids is 1. The van der Waals surface area contributed by atoms with Crippen molar-refractivity contribution >= 4 is 34.0 Å². The lowest BCUT2D eigenvalue weighted by molar-refractivity contribution is -0.115. The van der Waals surface area contributed by atoms with E-state index in [1.54, 1.807) is 19.1 Å². The van der Waals surface area contributed by atoms with Crippen molar-refractivity contribution in [2.75, 3.05) is 5.32 Å². The van der Waals surface area contributed by atoms with Gasteiger partial charge in [0.1, 0.15) is 5.38 Å². The quantitative estimate of drug-likeness (QED) is 0.716. The molecule has 0 saturated carbocycles. The molecular formula is C18H16ClN3O2. The molecule has 0 saturated heterocycles. The minimum atomic E-state index is -0.599. The second-order valence-electron chi connectivity index (χ2n) is 5.53. The molecule has 122 valence electrons. The molecule has 3 aromatic rings. The summed E-state index contributed by atoms with van der Waals surface area (Å²) in [6.07, 6.45) is 0.539. The summed E-state index contributed by atoms with van der Waals surface area (Å²) in [7, 11) is 0. The Kier molecular flexibility index (Phi) is 4.62. The third kappa shape index (κ3) is 3.46. The van der Waals surface area contributed by atoms with E-state index < -0.39 is 5.38 Å². The largest absolute Gasteiger partial charge is 0.325 e. The van der Waals surface area contributed by atoms with E-state index in [1.165, 1.54) is 0 Å². The van der Waals surface area contributed by atoms with Crippen LogP contribution < -0.4 is 10.9 Å². The molecule has 3 rings (SSSR count). The van der Waals surface area contributed by atoms with Gasteiger partial charge >= 0.3 is 0 Å². The topological polar surface area (TPSA) is 74.8 Å². The Balaban J connectivity index is 1.91. The Labute approximate surface area is 143 Å². The van der Waals surface area contributed by atoms with Crippen LogP contribution in [-0.2, 0) is 11.2 Å². The Morgan fingerprint density at radius 1 is 1.21 bits per heavy atom. The molecule has 1 atom stereocenters. The van der Waals surface area contributed by atoms with Gasteiger partial charge in [0.2, 0.25) is 5.91 Å². The molecule has 0 fully saturated rings. The number of fused-ring (bicyclic) bond motifs is 1. The number of anilines is 1. The van der Waals surface area contributed by atoms with Crippen molar-refractivity contribution in [3.63, 3.8) is 0 Å². The monoisotopic (exact) mass is 341 g/mol. The predicted molar refractivity (Wildman–Crippen MR) is 95.6 cm³/mol. The van der Waals surface area contributed by atoms with E-state index in [9.17, 15) is 9.59 Å². The number of nitrogens with zero attached hydrogens (tertiary/aromatic N) is 1. The number of rotatable bonds is 4. The minimum absolute atomic E-state index is 0.202. The summed E-state index contributed by atoms with van der Waals surface area (Å²) in [5, 5.41) is 10.3. The van der Waals surface area contributed by atoms with Crippen molar-refractivity contribution in [1.82, 2.24) is 10.2 Å². The zero-order chi connectivity index (χ0) is 17.1. The molecular weight excluding hydrogens is 326 g/mol. The molecule has 0 bridgehead atoms. The van der Waals surface area contributed by atoms with Gasteiger partial charge in [-0.1, -0.05) is 30.3 Å². The average molecular weight is 342 g/mol. The fraction of sp³-hybridized carbons (Fsp3) is 0.167. The van der Waals surface area contributed by atoms with Crippen LogP contribution in [-0.4, -0.2) is 21.5 Å². The second-order valence-corrected chi connectivity index (χ2v) is 6.18. The van der Waals surface area contributed by atoms with E-state index in [0.29, 0.717) is 17.5 Å². The maximum Gasteiger partial charge on any atom is 0.272 e. The number of aromatic amines is 1. The van der Waals surface area contributed by atoms with Crippen LogP contribution in [0.3, 0.4) is 0 Å². The molecule has 1 aromatic heterocycles. The minimum Gasteiger partial charge on any atom is -0.325 e. The van der Waals surface area contributed by atoms with Crippen LogP contribution in [0.4, 0.5) is 5.69 Å². The number of hydrogen-bond acceptors (Lipinski definition) is 3. The third-order valence-corrected chi connectivity index (χ3v) is 3.90. The third-order valence-electron chi connectivity index (χ3n) is 3.70. The first-order valence-electron chi connectivity index (χ1n) is 7.55. The Morgan fingerprint density at radius 2 is 1.96 bits per heavy atom. The zero-order valence-electron chi connectivity index (χ0n) is 13.0. The van der Waals surface area contributed by atoms with Crippen LogP contribution in [0.5, 0.6) is 0 Å². The van der Waals surface area contributed by atoms with Crippen LogP contribution in [0, 0.1) is 0 Å². The van der Waals surface area contributed by atoms with Crippen LogP contribution in [0.2, 0.25) is 0 Å². The van der Waals surface area contributed by atoms with E-state index >= 15 is 0 Å². The summed E-state index contributed by atoms with van der Waals surface area (Å²) < 4.78 is 0. The average Bonchev–Trinajstić information content (AvgIpc) is 2.58. The van der Waals surface area contributed by atoms with Crippen molar-refractivity contribution in [1.29, 1.82) is 0 Å². The molecule has 24 heavy (non-hydrogen) atoms. The highest BCUT2D eigenvalue weighted by Gasteiger charge is 2.10. The molecule has 0 radical (unpaired) electrons. The van der Waals surface area contributed by atoms with Crippen molar-refractivity contribution < 1.29 is 4.79 Å². The molecule has 1 unspecified atom stereocenters. The highest BCUT2D eigenvalue weighted by Crippen LogP contribution is 2.18. The SMILES string of the molecule is CC(Cl)C(=O)Nc1cccc(Cc2n[nH]c(=O)c3ccccc23)c1. The van der Waals surface area contributed by atoms with E-state index in [4.69, 9.17) is 11.6 Å². The van der Waals surface area contributed by atoms with Gasteiger partial charge in [0.05, 0.1) is 11.1 Å². The van der Waals surface area contributed by atoms with E-state index in [0.717, 1.165) is 16.6 Å². The number of aromatic nitrogens is 2. The Hall–Kier alpha value is -2.66. The molecule has 1 heterocycles. The fourth-order valence-corrected chi connectivity index (χ4v) is 2.55. The molecule has 0 spiro atoms. The van der Waals surface area contributed by atoms with Crippen LogP contribution in [0.25, 0.3) is 10.8 Å². The fourth-order valence-electron chi connectivity index (χ4n) is 2.50. The van der Waals surface area contributed by atoms with E-state index in [2.05, 4.69) is 15.5 Å². The maximum atomic E-state index is 11.8. The predicted octanol–water partition coefficient (Wildman–Crippen LogP) is 3.08. The van der Waals surface area contributed by atoms with Crippen LogP contribution in [0.1, 0.15) is 18.2 Å². The van der Waals surface area contributed by atoms with Gasteiger partial charge in [-0.25, -0.2) is 5.10 Å². The zero-order valence-corrected chi connectivity index (χ0v) is 13.8. The van der Waals surface area contributed by atoms with Gasteiger partial charge in [0.15, 0.2) is 0 Å². The van der Waals surface area contributed by atoms with Crippen molar-refractivity contribution in [2.24, 2.45) is 0 Å². The van der Waals surface area contributed by atoms with Crippen LogP contribution >= 0.6 is 11.6 Å². The van der Waals surface area contributed by atoms with Crippen molar-refractivity contribution in [3.8, 4) is 0 Å². The first-order chi connectivity index (χ1) is 11.5. The highest BCUT2D eigenvalue weighted by atomic mass is 35.5. The van der Waals surface area contributed by atoms with Gasteiger partial charge in [0.25, 0.3) is 5.56 Å². The second kappa shape index (κ2) is 6.84. The van der Waals surface area contributed by atoms with Gasteiger partial charge < -0.3 is 5.32 Å². The van der Waals surface area contributed by atoms with E-state index in [-0.39, 0.29) is 11.5 Å². The Bertz CT molecular complexity index is 950. The van der Waals surface area contributed by atoms with Gasteiger partial charge in [0, 0.05) is 17.5 Å². The molecule has 2 aromatic carbocycles. The number of amides is 1. The molecule has 0 aliphatic rings. The number of nitrogens with one attached hydrogen (secondary N) is 2. The molecule has 0 aliphatic carbocycles. The van der Waals surface area contributed by atoms with Gasteiger partial charge in [-0.2, -0.15) is 5.10 Å². The van der Waals surface area contributed by atoms with Gasteiger partial charge in [-0.15, -0.1) is 11.6 Å². The lowest BCUT2D eigenvalue weighted by Gasteiger charge is -2.09. The molecule has 0 aliphatic heterocycles. The summed E-state index contributed by atoms with van der Waals surface area (Å²) in [4.78, 5) is 23.5. The normalized spacial score (nSPS) is 12.1. The summed E-state index contributed by atoms with van der Waals surface area (Å²) in [6, 6.07) is 14.8. The number of halogens is 1. The number of alkyl halides is 1. The number of H-pyrrole nitrogens is 1. The molecule has 5 nitrogen and oxygen atoms in total. The van der Waals surface area contributed by atoms with Gasteiger partial charge in [-0.05, 0) is 30.7 Å². The van der Waals surface area contributed by atoms with Crippen molar-refractivity contribution in [2.45, 2.75) is 18.7 Å². The maximum absolute atomic E-state index is 11.8.